The second kappa shape index (κ2) is 5.59. The third-order valence-corrected chi connectivity index (χ3v) is 4.69. The maximum absolute atomic E-state index is 5.44. The van der Waals surface area contributed by atoms with Crippen LogP contribution in [-0.4, -0.2) is 25.9 Å². The summed E-state index contributed by atoms with van der Waals surface area (Å²) in [6.45, 7) is 0.291. The molecule has 0 bridgehead atoms. The van der Waals surface area contributed by atoms with E-state index in [-0.39, 0.29) is 0 Å². The smallest absolute Gasteiger partial charge is 0.231 e. The van der Waals surface area contributed by atoms with Crippen molar-refractivity contribution in [2.75, 3.05) is 25.8 Å². The van der Waals surface area contributed by atoms with Crippen LogP contribution in [0.15, 0.2) is 47.8 Å². The summed E-state index contributed by atoms with van der Waals surface area (Å²) < 4.78 is 10.8. The van der Waals surface area contributed by atoms with Gasteiger partial charge in [0.2, 0.25) is 6.79 Å². The lowest BCUT2D eigenvalue weighted by Gasteiger charge is -2.11. The maximum atomic E-state index is 5.44. The molecule has 0 aliphatic carbocycles. The van der Waals surface area contributed by atoms with Crippen LogP contribution in [0.2, 0.25) is 0 Å². The standard InChI is InChI=1S/C18H16N2O2S/c1-20(2)14-6-3-12(4-7-14)18-19-15(10-23-18)13-5-8-16-17(9-13)22-11-21-16/h3-10H,11H2,1-2H3. The highest BCUT2D eigenvalue weighted by Gasteiger charge is 2.15. The number of hydrogen-bond acceptors (Lipinski definition) is 5. The Morgan fingerprint density at radius 3 is 2.48 bits per heavy atom. The van der Waals surface area contributed by atoms with Crippen LogP contribution in [-0.2, 0) is 0 Å². The summed E-state index contributed by atoms with van der Waals surface area (Å²) in [4.78, 5) is 6.85. The van der Waals surface area contributed by atoms with Crippen LogP contribution in [0.25, 0.3) is 21.8 Å². The molecule has 0 spiro atoms. The Hall–Kier alpha value is -2.53. The molecular weight excluding hydrogens is 308 g/mol. The Morgan fingerprint density at radius 1 is 0.957 bits per heavy atom. The first-order valence-electron chi connectivity index (χ1n) is 7.34. The molecule has 0 saturated carbocycles. The van der Waals surface area contributed by atoms with E-state index in [1.807, 2.05) is 32.3 Å². The highest BCUT2D eigenvalue weighted by Crippen LogP contribution is 2.37. The molecule has 1 aromatic heterocycles. The lowest BCUT2D eigenvalue weighted by atomic mass is 10.1. The predicted molar refractivity (Wildman–Crippen MR) is 93.4 cm³/mol. The summed E-state index contributed by atoms with van der Waals surface area (Å²) in [6, 6.07) is 14.4. The van der Waals surface area contributed by atoms with Crippen molar-refractivity contribution >= 4 is 17.0 Å². The van der Waals surface area contributed by atoms with Crippen molar-refractivity contribution in [2.24, 2.45) is 0 Å². The van der Waals surface area contributed by atoms with Crippen molar-refractivity contribution in [3.63, 3.8) is 0 Å². The molecule has 2 heterocycles. The highest BCUT2D eigenvalue weighted by molar-refractivity contribution is 7.13. The lowest BCUT2D eigenvalue weighted by Crippen LogP contribution is -2.07. The molecule has 5 heteroatoms. The van der Waals surface area contributed by atoms with Gasteiger partial charge in [0.25, 0.3) is 0 Å². The average molecular weight is 324 g/mol. The minimum absolute atomic E-state index is 0.291. The van der Waals surface area contributed by atoms with E-state index in [0.29, 0.717) is 6.79 Å². The molecule has 0 unspecified atom stereocenters. The van der Waals surface area contributed by atoms with Gasteiger partial charge in [-0.15, -0.1) is 11.3 Å². The zero-order valence-electron chi connectivity index (χ0n) is 12.9. The van der Waals surface area contributed by atoms with Crippen molar-refractivity contribution in [1.29, 1.82) is 0 Å². The van der Waals surface area contributed by atoms with Gasteiger partial charge in [-0.25, -0.2) is 4.98 Å². The van der Waals surface area contributed by atoms with Crippen LogP contribution >= 0.6 is 11.3 Å². The minimum atomic E-state index is 0.291. The predicted octanol–water partition coefficient (Wildman–Crippen LogP) is 4.27. The fourth-order valence-corrected chi connectivity index (χ4v) is 3.33. The third kappa shape index (κ3) is 2.64. The van der Waals surface area contributed by atoms with Crippen LogP contribution in [0.1, 0.15) is 0 Å². The van der Waals surface area contributed by atoms with E-state index in [0.717, 1.165) is 33.3 Å². The molecule has 0 N–H and O–H groups in total. The van der Waals surface area contributed by atoms with Crippen molar-refractivity contribution in [3.8, 4) is 33.3 Å². The fraction of sp³-hybridized carbons (Fsp3) is 0.167. The quantitative estimate of drug-likeness (QED) is 0.720. The lowest BCUT2D eigenvalue weighted by molar-refractivity contribution is 0.174. The number of fused-ring (bicyclic) bond motifs is 1. The minimum Gasteiger partial charge on any atom is -0.454 e. The van der Waals surface area contributed by atoms with Crippen LogP contribution in [0.4, 0.5) is 5.69 Å². The van der Waals surface area contributed by atoms with E-state index in [1.165, 1.54) is 5.69 Å². The molecule has 3 aromatic rings. The maximum Gasteiger partial charge on any atom is 0.231 e. The second-order valence-electron chi connectivity index (χ2n) is 5.55. The Morgan fingerprint density at radius 2 is 1.70 bits per heavy atom. The number of nitrogens with zero attached hydrogens (tertiary/aromatic N) is 2. The van der Waals surface area contributed by atoms with Crippen LogP contribution in [0.5, 0.6) is 11.5 Å². The van der Waals surface area contributed by atoms with Gasteiger partial charge in [0.15, 0.2) is 11.5 Å². The summed E-state index contributed by atoms with van der Waals surface area (Å²) in [5, 5.41) is 3.09. The van der Waals surface area contributed by atoms with Gasteiger partial charge >= 0.3 is 0 Å². The monoisotopic (exact) mass is 324 g/mol. The van der Waals surface area contributed by atoms with E-state index in [9.17, 15) is 0 Å². The summed E-state index contributed by atoms with van der Waals surface area (Å²) in [5.74, 6) is 1.58. The Labute approximate surface area is 138 Å². The van der Waals surface area contributed by atoms with Gasteiger partial charge < -0.3 is 14.4 Å². The van der Waals surface area contributed by atoms with Crippen LogP contribution in [0, 0.1) is 0 Å². The topological polar surface area (TPSA) is 34.6 Å². The molecule has 1 aliphatic rings. The van der Waals surface area contributed by atoms with Gasteiger partial charge in [0, 0.05) is 36.3 Å². The van der Waals surface area contributed by atoms with Gasteiger partial charge in [-0.3, -0.25) is 0 Å². The number of aromatic nitrogens is 1. The Bertz CT molecular complexity index is 840. The van der Waals surface area contributed by atoms with Crippen LogP contribution in [0.3, 0.4) is 0 Å². The van der Waals surface area contributed by atoms with E-state index in [1.54, 1.807) is 11.3 Å². The van der Waals surface area contributed by atoms with Crippen molar-refractivity contribution in [3.05, 3.63) is 47.8 Å². The van der Waals surface area contributed by atoms with Crippen molar-refractivity contribution in [2.45, 2.75) is 0 Å². The Kier molecular flexibility index (Phi) is 3.42. The van der Waals surface area contributed by atoms with Crippen LogP contribution < -0.4 is 14.4 Å². The molecule has 116 valence electrons. The van der Waals surface area contributed by atoms with E-state index in [2.05, 4.69) is 34.5 Å². The number of rotatable bonds is 3. The molecule has 0 radical (unpaired) electrons. The second-order valence-corrected chi connectivity index (χ2v) is 6.41. The molecule has 23 heavy (non-hydrogen) atoms. The highest BCUT2D eigenvalue weighted by atomic mass is 32.1. The Balaban J connectivity index is 1.63. The van der Waals surface area contributed by atoms with Gasteiger partial charge in [-0.2, -0.15) is 0 Å². The number of benzene rings is 2. The first-order valence-corrected chi connectivity index (χ1v) is 8.22. The zero-order chi connectivity index (χ0) is 15.8. The molecule has 0 atom stereocenters. The van der Waals surface area contributed by atoms with Gasteiger partial charge in [0.05, 0.1) is 5.69 Å². The first-order chi connectivity index (χ1) is 11.2. The summed E-state index contributed by atoms with van der Waals surface area (Å²) in [5.41, 5.74) is 4.32. The molecule has 4 nitrogen and oxygen atoms in total. The number of thiazole rings is 1. The summed E-state index contributed by atoms with van der Waals surface area (Å²) >= 11 is 1.65. The van der Waals surface area contributed by atoms with Crippen molar-refractivity contribution in [1.82, 2.24) is 4.98 Å². The molecule has 0 amide bonds. The van der Waals surface area contributed by atoms with Gasteiger partial charge in [-0.1, -0.05) is 0 Å². The number of anilines is 1. The first kappa shape index (κ1) is 14.1. The molecule has 0 fully saturated rings. The molecule has 1 aliphatic heterocycles. The molecule has 2 aromatic carbocycles. The zero-order valence-corrected chi connectivity index (χ0v) is 13.8. The number of ether oxygens (including phenoxy) is 2. The number of hydrogen-bond donors (Lipinski definition) is 0. The average Bonchev–Trinajstić information content (AvgIpc) is 3.23. The van der Waals surface area contributed by atoms with Gasteiger partial charge in [-0.05, 0) is 42.5 Å². The third-order valence-electron chi connectivity index (χ3n) is 3.80. The SMILES string of the molecule is CN(C)c1ccc(-c2nc(-c3ccc4c(c3)OCO4)cs2)cc1. The van der Waals surface area contributed by atoms with E-state index < -0.39 is 0 Å². The molecule has 0 saturated heterocycles. The molecular formula is C18H16N2O2S. The van der Waals surface area contributed by atoms with Crippen molar-refractivity contribution < 1.29 is 9.47 Å². The summed E-state index contributed by atoms with van der Waals surface area (Å²) in [7, 11) is 4.08. The van der Waals surface area contributed by atoms with E-state index >= 15 is 0 Å². The summed E-state index contributed by atoms with van der Waals surface area (Å²) in [6.07, 6.45) is 0. The van der Waals surface area contributed by atoms with E-state index in [4.69, 9.17) is 14.5 Å². The van der Waals surface area contributed by atoms with Gasteiger partial charge in [0.1, 0.15) is 5.01 Å². The normalized spacial score (nSPS) is 12.4. The fourth-order valence-electron chi connectivity index (χ4n) is 2.50. The molecule has 4 rings (SSSR count). The largest absolute Gasteiger partial charge is 0.454 e.